The fourth-order valence-corrected chi connectivity index (χ4v) is 3.68. The van der Waals surface area contributed by atoms with Gasteiger partial charge in [-0.05, 0) is 74.5 Å². The molecule has 2 rings (SSSR count). The van der Waals surface area contributed by atoms with Gasteiger partial charge in [0.05, 0.1) is 11.6 Å². The average molecular weight is 325 g/mol. The Labute approximate surface area is 147 Å². The van der Waals surface area contributed by atoms with Crippen molar-refractivity contribution in [3.8, 4) is 6.07 Å². The monoisotopic (exact) mass is 325 g/mol. The minimum atomic E-state index is 0.696. The molecule has 2 heteroatoms. The molecule has 0 amide bonds. The first-order valence-electron chi connectivity index (χ1n) is 9.52. The van der Waals surface area contributed by atoms with Crippen LogP contribution in [0.15, 0.2) is 36.9 Å². The van der Waals surface area contributed by atoms with Gasteiger partial charge in [-0.1, -0.05) is 31.1 Å². The number of nitrogens with zero attached hydrogens (tertiary/aromatic N) is 1. The van der Waals surface area contributed by atoms with Crippen molar-refractivity contribution in [1.82, 2.24) is 0 Å². The number of nitriles is 1. The van der Waals surface area contributed by atoms with Gasteiger partial charge in [0.15, 0.2) is 0 Å². The van der Waals surface area contributed by atoms with Gasteiger partial charge in [0, 0.05) is 13.2 Å². The van der Waals surface area contributed by atoms with Crippen molar-refractivity contribution in [3.63, 3.8) is 0 Å². The van der Waals surface area contributed by atoms with Gasteiger partial charge in [0.2, 0.25) is 0 Å². The van der Waals surface area contributed by atoms with Crippen LogP contribution in [0.25, 0.3) is 0 Å². The molecular weight excluding hydrogens is 294 g/mol. The zero-order valence-corrected chi connectivity index (χ0v) is 14.9. The highest BCUT2D eigenvalue weighted by Gasteiger charge is 2.21. The Bertz CT molecular complexity index is 506. The Balaban J connectivity index is 1.56. The standard InChI is InChI=1S/C22H31NO/c1-2-3-5-16-24-17-6-4-7-19-8-12-21(13-9-19)22-14-10-20(18-23)11-15-22/h2,10-11,14-15,19,21H,1,3-9,12-13,16-17H2. The van der Waals surface area contributed by atoms with Gasteiger partial charge in [0.25, 0.3) is 0 Å². The highest BCUT2D eigenvalue weighted by molar-refractivity contribution is 5.33. The van der Waals surface area contributed by atoms with Gasteiger partial charge in [-0.25, -0.2) is 0 Å². The fourth-order valence-electron chi connectivity index (χ4n) is 3.68. The van der Waals surface area contributed by atoms with Crippen LogP contribution in [0.3, 0.4) is 0 Å². The summed E-state index contributed by atoms with van der Waals surface area (Å²) in [7, 11) is 0. The highest BCUT2D eigenvalue weighted by Crippen LogP contribution is 2.37. The lowest BCUT2D eigenvalue weighted by Crippen LogP contribution is -2.13. The molecule has 0 N–H and O–H groups in total. The first-order chi connectivity index (χ1) is 11.8. The Morgan fingerprint density at radius 1 is 1.04 bits per heavy atom. The molecule has 1 aromatic rings. The van der Waals surface area contributed by atoms with Gasteiger partial charge in [0.1, 0.15) is 0 Å². The smallest absolute Gasteiger partial charge is 0.0991 e. The molecule has 0 unspecified atom stereocenters. The van der Waals surface area contributed by atoms with Gasteiger partial charge in [-0.15, -0.1) is 6.58 Å². The summed E-state index contributed by atoms with van der Waals surface area (Å²) < 4.78 is 5.65. The second-order valence-corrected chi connectivity index (χ2v) is 6.99. The van der Waals surface area contributed by atoms with E-state index < -0.39 is 0 Å². The zero-order valence-electron chi connectivity index (χ0n) is 14.9. The first-order valence-corrected chi connectivity index (χ1v) is 9.52. The summed E-state index contributed by atoms with van der Waals surface area (Å²) in [5.74, 6) is 1.60. The molecule has 130 valence electrons. The van der Waals surface area contributed by atoms with Crippen molar-refractivity contribution in [2.45, 2.75) is 63.7 Å². The van der Waals surface area contributed by atoms with Crippen LogP contribution in [-0.4, -0.2) is 13.2 Å². The molecule has 0 spiro atoms. The molecule has 1 fully saturated rings. The van der Waals surface area contributed by atoms with Crippen molar-refractivity contribution in [1.29, 1.82) is 5.26 Å². The number of rotatable bonds is 10. The molecule has 0 aromatic heterocycles. The zero-order chi connectivity index (χ0) is 17.0. The van der Waals surface area contributed by atoms with E-state index in [0.717, 1.165) is 37.5 Å². The maximum Gasteiger partial charge on any atom is 0.0991 e. The molecule has 24 heavy (non-hydrogen) atoms. The molecule has 0 heterocycles. The van der Waals surface area contributed by atoms with E-state index in [2.05, 4.69) is 24.8 Å². The predicted molar refractivity (Wildman–Crippen MR) is 100.0 cm³/mol. The molecule has 1 saturated carbocycles. The molecule has 1 aromatic carbocycles. The minimum Gasteiger partial charge on any atom is -0.381 e. The number of hydrogen-bond donors (Lipinski definition) is 0. The molecule has 0 bridgehead atoms. The van der Waals surface area contributed by atoms with Crippen molar-refractivity contribution < 1.29 is 4.74 Å². The minimum absolute atomic E-state index is 0.696. The fraction of sp³-hybridized carbons (Fsp3) is 0.591. The lowest BCUT2D eigenvalue weighted by atomic mass is 9.77. The van der Waals surface area contributed by atoms with Crippen LogP contribution in [0.1, 0.15) is 74.8 Å². The Morgan fingerprint density at radius 3 is 2.42 bits per heavy atom. The summed E-state index contributed by atoms with van der Waals surface area (Å²) in [5.41, 5.74) is 2.18. The first kappa shape index (κ1) is 18.7. The van der Waals surface area contributed by atoms with Crippen LogP contribution in [0.5, 0.6) is 0 Å². The van der Waals surface area contributed by atoms with Gasteiger partial charge in [-0.3, -0.25) is 0 Å². The molecule has 0 radical (unpaired) electrons. The van der Waals surface area contributed by atoms with Crippen LogP contribution in [0.4, 0.5) is 0 Å². The molecule has 2 nitrogen and oxygen atoms in total. The van der Waals surface area contributed by atoms with E-state index in [9.17, 15) is 0 Å². The molecule has 0 saturated heterocycles. The normalized spacial score (nSPS) is 20.5. The summed E-state index contributed by atoms with van der Waals surface area (Å²) >= 11 is 0. The van der Waals surface area contributed by atoms with E-state index in [-0.39, 0.29) is 0 Å². The van der Waals surface area contributed by atoms with E-state index in [4.69, 9.17) is 10.00 Å². The summed E-state index contributed by atoms with van der Waals surface area (Å²) in [4.78, 5) is 0. The average Bonchev–Trinajstić information content (AvgIpc) is 2.64. The lowest BCUT2D eigenvalue weighted by molar-refractivity contribution is 0.126. The SMILES string of the molecule is C=CCCCOCCCCC1CCC(c2ccc(C#N)cc2)CC1. The van der Waals surface area contributed by atoms with Crippen molar-refractivity contribution in [2.75, 3.05) is 13.2 Å². The van der Waals surface area contributed by atoms with E-state index in [1.807, 2.05) is 18.2 Å². The second-order valence-electron chi connectivity index (χ2n) is 6.99. The molecule has 0 atom stereocenters. The largest absolute Gasteiger partial charge is 0.381 e. The van der Waals surface area contributed by atoms with Gasteiger partial charge in [-0.2, -0.15) is 5.26 Å². The lowest BCUT2D eigenvalue weighted by Gasteiger charge is -2.29. The van der Waals surface area contributed by atoms with Crippen LogP contribution >= 0.6 is 0 Å². The summed E-state index contributed by atoms with van der Waals surface area (Å²) in [5, 5.41) is 8.89. The van der Waals surface area contributed by atoms with E-state index in [0.29, 0.717) is 5.92 Å². The third-order valence-electron chi connectivity index (χ3n) is 5.21. The molecule has 1 aliphatic rings. The molecule has 0 aliphatic heterocycles. The van der Waals surface area contributed by atoms with Crippen LogP contribution < -0.4 is 0 Å². The number of unbranched alkanes of at least 4 members (excludes halogenated alkanes) is 2. The summed E-state index contributed by atoms with van der Waals surface area (Å²) in [6, 6.07) is 10.4. The molecule has 1 aliphatic carbocycles. The number of allylic oxidation sites excluding steroid dienone is 1. The summed E-state index contributed by atoms with van der Waals surface area (Å²) in [6.07, 6.45) is 13.3. The van der Waals surface area contributed by atoms with Crippen LogP contribution in [0, 0.1) is 17.2 Å². The number of benzene rings is 1. The Hall–Kier alpha value is -1.59. The van der Waals surface area contributed by atoms with E-state index in [1.165, 1.54) is 50.5 Å². The van der Waals surface area contributed by atoms with Gasteiger partial charge < -0.3 is 4.74 Å². The Kier molecular flexibility index (Phi) is 8.63. The Morgan fingerprint density at radius 2 is 1.75 bits per heavy atom. The maximum atomic E-state index is 8.89. The number of hydrogen-bond acceptors (Lipinski definition) is 2. The quantitative estimate of drug-likeness (QED) is 0.391. The highest BCUT2D eigenvalue weighted by atomic mass is 16.5. The van der Waals surface area contributed by atoms with Crippen molar-refractivity contribution >= 4 is 0 Å². The second kappa shape index (κ2) is 11.0. The topological polar surface area (TPSA) is 33.0 Å². The maximum absolute atomic E-state index is 8.89. The van der Waals surface area contributed by atoms with Crippen molar-refractivity contribution in [3.05, 3.63) is 48.0 Å². The third kappa shape index (κ3) is 6.49. The summed E-state index contributed by atoms with van der Waals surface area (Å²) in [6.45, 7) is 5.51. The third-order valence-corrected chi connectivity index (χ3v) is 5.21. The molecular formula is C22H31NO. The van der Waals surface area contributed by atoms with Gasteiger partial charge >= 0.3 is 0 Å². The van der Waals surface area contributed by atoms with E-state index >= 15 is 0 Å². The van der Waals surface area contributed by atoms with Crippen molar-refractivity contribution in [2.24, 2.45) is 5.92 Å². The van der Waals surface area contributed by atoms with Crippen LogP contribution in [-0.2, 0) is 4.74 Å². The van der Waals surface area contributed by atoms with E-state index in [1.54, 1.807) is 0 Å². The van der Waals surface area contributed by atoms with Crippen LogP contribution in [0.2, 0.25) is 0 Å². The predicted octanol–water partition coefficient (Wildman–Crippen LogP) is 5.99. The number of ether oxygens (including phenoxy) is 1.